The highest BCUT2D eigenvalue weighted by molar-refractivity contribution is 7.11. The van der Waals surface area contributed by atoms with Crippen LogP contribution in [0.5, 0.6) is 10.9 Å². The zero-order chi connectivity index (χ0) is 22.8. The summed E-state index contributed by atoms with van der Waals surface area (Å²) >= 11 is 1.43. The number of ether oxygens (including phenoxy) is 1. The molecule has 0 aliphatic carbocycles. The van der Waals surface area contributed by atoms with Gasteiger partial charge in [0.1, 0.15) is 5.75 Å². The molecule has 172 valence electrons. The van der Waals surface area contributed by atoms with Crippen molar-refractivity contribution in [3.05, 3.63) is 65.2 Å². The van der Waals surface area contributed by atoms with Crippen LogP contribution in [0.25, 0.3) is 0 Å². The lowest BCUT2D eigenvalue weighted by Crippen LogP contribution is -2.39. The van der Waals surface area contributed by atoms with Gasteiger partial charge in [0, 0.05) is 53.7 Å². The molecule has 0 saturated carbocycles. The Balaban J connectivity index is 1.20. The summed E-state index contributed by atoms with van der Waals surface area (Å²) in [5.74, 6) is 0.533. The van der Waals surface area contributed by atoms with Crippen LogP contribution in [0.2, 0.25) is 0 Å². The molecule has 2 atom stereocenters. The monoisotopic (exact) mass is 462 g/mol. The van der Waals surface area contributed by atoms with Gasteiger partial charge in [0.2, 0.25) is 0 Å². The number of rotatable bonds is 6. The molecule has 2 aliphatic rings. The predicted octanol–water partition coefficient (Wildman–Crippen LogP) is 5.56. The number of nitrogens with one attached hydrogen (secondary N) is 1. The normalized spacial score (nSPS) is 20.8. The molecule has 1 aromatic heterocycles. The van der Waals surface area contributed by atoms with Gasteiger partial charge in [0.25, 0.3) is 11.1 Å². The molecule has 2 aromatic carbocycles. The number of aryl methyl sites for hydroxylation is 1. The Labute approximate surface area is 199 Å². The van der Waals surface area contributed by atoms with E-state index in [0.717, 1.165) is 24.3 Å². The molecule has 7 heteroatoms. The minimum atomic E-state index is -0.129. The second-order valence-corrected chi connectivity index (χ2v) is 9.85. The van der Waals surface area contributed by atoms with E-state index in [1.807, 2.05) is 11.4 Å². The molecule has 0 radical (unpaired) electrons. The van der Waals surface area contributed by atoms with E-state index >= 15 is 0 Å². The highest BCUT2D eigenvalue weighted by Crippen LogP contribution is 2.30. The number of amides is 1. The average molecular weight is 463 g/mol. The summed E-state index contributed by atoms with van der Waals surface area (Å²) in [6.45, 7) is 7.83. The minimum absolute atomic E-state index is 0.129. The molecule has 2 fully saturated rings. The van der Waals surface area contributed by atoms with E-state index in [1.165, 1.54) is 42.8 Å². The number of anilines is 2. The van der Waals surface area contributed by atoms with Crippen molar-refractivity contribution in [3.63, 3.8) is 0 Å². The van der Waals surface area contributed by atoms with Crippen LogP contribution in [0.4, 0.5) is 11.4 Å². The Kier molecular flexibility index (Phi) is 6.33. The molecule has 0 bridgehead atoms. The number of carbonyl (C=O) groups excluding carboxylic acids is 1. The number of aromatic nitrogens is 1. The Morgan fingerprint density at radius 2 is 2.00 bits per heavy atom. The molecule has 6 nitrogen and oxygen atoms in total. The number of likely N-dealkylation sites (tertiary alicyclic amines) is 1. The van der Waals surface area contributed by atoms with Crippen molar-refractivity contribution in [2.75, 3.05) is 29.9 Å². The van der Waals surface area contributed by atoms with Crippen LogP contribution in [0.1, 0.15) is 42.1 Å². The SMILES string of the molecule is Cc1cc(N2CCC(N3CCCC3C)C2)ccc1NC(=O)c1ccc(Oc2nccs2)cc1. The lowest BCUT2D eigenvalue weighted by molar-refractivity contribution is 0.102. The Hall–Kier alpha value is -2.90. The number of hydrogen-bond acceptors (Lipinski definition) is 6. The lowest BCUT2D eigenvalue weighted by Gasteiger charge is -2.28. The summed E-state index contributed by atoms with van der Waals surface area (Å²) in [5.41, 5.74) is 3.74. The summed E-state index contributed by atoms with van der Waals surface area (Å²) in [4.78, 5) is 22.1. The second-order valence-electron chi connectivity index (χ2n) is 9.00. The third-order valence-electron chi connectivity index (χ3n) is 6.79. The third-order valence-corrected chi connectivity index (χ3v) is 7.44. The number of hydrogen-bond donors (Lipinski definition) is 1. The first-order chi connectivity index (χ1) is 16.1. The summed E-state index contributed by atoms with van der Waals surface area (Å²) in [6, 6.07) is 14.8. The fourth-order valence-electron chi connectivity index (χ4n) is 4.96. The van der Waals surface area contributed by atoms with Gasteiger partial charge in [-0.1, -0.05) is 11.3 Å². The fraction of sp³-hybridized carbons (Fsp3) is 0.385. The van der Waals surface area contributed by atoms with Crippen molar-refractivity contribution >= 4 is 28.6 Å². The predicted molar refractivity (Wildman–Crippen MR) is 134 cm³/mol. The largest absolute Gasteiger partial charge is 0.431 e. The van der Waals surface area contributed by atoms with E-state index in [9.17, 15) is 4.79 Å². The van der Waals surface area contributed by atoms with Gasteiger partial charge in [-0.05, 0) is 87.7 Å². The minimum Gasteiger partial charge on any atom is -0.431 e. The van der Waals surface area contributed by atoms with Gasteiger partial charge in [-0.25, -0.2) is 4.98 Å². The van der Waals surface area contributed by atoms with Crippen LogP contribution in [0.15, 0.2) is 54.0 Å². The molecule has 2 unspecified atom stereocenters. The van der Waals surface area contributed by atoms with Crippen LogP contribution in [-0.4, -0.2) is 47.5 Å². The van der Waals surface area contributed by atoms with Crippen molar-refractivity contribution < 1.29 is 9.53 Å². The number of thiazole rings is 1. The van der Waals surface area contributed by atoms with E-state index in [1.54, 1.807) is 30.5 Å². The number of nitrogens with zero attached hydrogens (tertiary/aromatic N) is 3. The van der Waals surface area contributed by atoms with Crippen LogP contribution in [0, 0.1) is 6.92 Å². The molecular weight excluding hydrogens is 432 g/mol. The summed E-state index contributed by atoms with van der Waals surface area (Å²) in [5, 5.41) is 5.50. The zero-order valence-electron chi connectivity index (χ0n) is 19.2. The van der Waals surface area contributed by atoms with Gasteiger partial charge in [-0.2, -0.15) is 0 Å². The smallest absolute Gasteiger partial charge is 0.278 e. The first-order valence-electron chi connectivity index (χ1n) is 11.7. The van der Waals surface area contributed by atoms with Crippen LogP contribution in [0.3, 0.4) is 0 Å². The van der Waals surface area contributed by atoms with E-state index in [-0.39, 0.29) is 5.91 Å². The van der Waals surface area contributed by atoms with Gasteiger partial charge in [0.15, 0.2) is 0 Å². The van der Waals surface area contributed by atoms with Gasteiger partial charge < -0.3 is 15.0 Å². The Morgan fingerprint density at radius 3 is 2.70 bits per heavy atom. The summed E-state index contributed by atoms with van der Waals surface area (Å²) < 4.78 is 5.67. The van der Waals surface area contributed by atoms with Gasteiger partial charge in [0.05, 0.1) is 0 Å². The van der Waals surface area contributed by atoms with E-state index in [4.69, 9.17) is 4.74 Å². The standard InChI is InChI=1S/C26H30N4O2S/c1-18-16-21(29-14-11-22(17-29)30-13-3-4-19(30)2)7-10-24(18)28-25(31)20-5-8-23(9-6-20)32-26-27-12-15-33-26/h5-10,12,15-16,19,22H,3-4,11,13-14,17H2,1-2H3,(H,28,31). The van der Waals surface area contributed by atoms with Crippen molar-refractivity contribution in [1.29, 1.82) is 0 Å². The highest BCUT2D eigenvalue weighted by Gasteiger charge is 2.33. The van der Waals surface area contributed by atoms with Crippen LogP contribution in [-0.2, 0) is 0 Å². The molecule has 2 saturated heterocycles. The average Bonchev–Trinajstić information content (AvgIpc) is 3.58. The summed E-state index contributed by atoms with van der Waals surface area (Å²) in [7, 11) is 0. The first-order valence-corrected chi connectivity index (χ1v) is 12.5. The highest BCUT2D eigenvalue weighted by atomic mass is 32.1. The Morgan fingerprint density at radius 1 is 1.15 bits per heavy atom. The molecule has 33 heavy (non-hydrogen) atoms. The van der Waals surface area contributed by atoms with Crippen LogP contribution < -0.4 is 15.0 Å². The maximum Gasteiger partial charge on any atom is 0.278 e. The molecule has 5 rings (SSSR count). The van der Waals surface area contributed by atoms with Crippen molar-refractivity contribution in [2.45, 2.75) is 45.2 Å². The molecule has 1 N–H and O–H groups in total. The Bertz CT molecular complexity index is 1100. The third kappa shape index (κ3) is 4.89. The molecule has 0 spiro atoms. The van der Waals surface area contributed by atoms with Crippen molar-refractivity contribution in [3.8, 4) is 10.9 Å². The second kappa shape index (κ2) is 9.53. The number of benzene rings is 2. The van der Waals surface area contributed by atoms with Gasteiger partial charge in [-0.3, -0.25) is 9.69 Å². The fourth-order valence-corrected chi connectivity index (χ4v) is 5.46. The molecular formula is C26H30N4O2S. The molecule has 2 aliphatic heterocycles. The zero-order valence-corrected chi connectivity index (χ0v) is 20.0. The first kappa shape index (κ1) is 21.9. The quantitative estimate of drug-likeness (QED) is 0.520. The molecule has 1 amide bonds. The molecule has 3 heterocycles. The topological polar surface area (TPSA) is 57.7 Å². The number of carbonyl (C=O) groups is 1. The van der Waals surface area contributed by atoms with Crippen LogP contribution >= 0.6 is 11.3 Å². The maximum atomic E-state index is 12.8. The maximum absolute atomic E-state index is 12.8. The van der Waals surface area contributed by atoms with Gasteiger partial charge >= 0.3 is 0 Å². The van der Waals surface area contributed by atoms with Crippen molar-refractivity contribution in [1.82, 2.24) is 9.88 Å². The van der Waals surface area contributed by atoms with Gasteiger partial charge in [-0.15, -0.1) is 0 Å². The van der Waals surface area contributed by atoms with E-state index in [0.29, 0.717) is 28.6 Å². The lowest BCUT2D eigenvalue weighted by atomic mass is 10.1. The summed E-state index contributed by atoms with van der Waals surface area (Å²) in [6.07, 6.45) is 5.58. The van der Waals surface area contributed by atoms with E-state index < -0.39 is 0 Å². The molecule has 3 aromatic rings. The van der Waals surface area contributed by atoms with E-state index in [2.05, 4.69) is 46.1 Å². The van der Waals surface area contributed by atoms with Crippen molar-refractivity contribution in [2.24, 2.45) is 0 Å².